The van der Waals surface area contributed by atoms with E-state index >= 15 is 0 Å². The van der Waals surface area contributed by atoms with Gasteiger partial charge in [-0.1, -0.05) is 55.5 Å². The van der Waals surface area contributed by atoms with Gasteiger partial charge in [-0.05, 0) is 49.0 Å². The highest BCUT2D eigenvalue weighted by molar-refractivity contribution is 5.91. The second kappa shape index (κ2) is 8.35. The van der Waals surface area contributed by atoms with Gasteiger partial charge in [0.2, 0.25) is 11.9 Å². The van der Waals surface area contributed by atoms with E-state index in [9.17, 15) is 0 Å². The van der Waals surface area contributed by atoms with Crippen LogP contribution in [-0.2, 0) is 0 Å². The van der Waals surface area contributed by atoms with Gasteiger partial charge in [0, 0.05) is 24.5 Å². The number of para-hydroxylation sites is 3. The van der Waals surface area contributed by atoms with Gasteiger partial charge >= 0.3 is 0 Å². The minimum absolute atomic E-state index is 0.346. The number of allylic oxidation sites excluding steroid dienone is 4. The molecule has 2 aromatic carbocycles. The average Bonchev–Trinajstić information content (AvgIpc) is 3.28. The van der Waals surface area contributed by atoms with Crippen molar-refractivity contribution in [1.29, 1.82) is 0 Å². The smallest absolute Gasteiger partial charge is 0.224 e. The number of hydrogen-bond acceptors (Lipinski definition) is 5. The number of rotatable bonds is 4. The second-order valence-electron chi connectivity index (χ2n) is 9.15. The molecule has 1 aliphatic heterocycles. The molecule has 0 amide bonds. The summed E-state index contributed by atoms with van der Waals surface area (Å²) in [7, 11) is 0. The first-order valence-corrected chi connectivity index (χ1v) is 11.8. The van der Waals surface area contributed by atoms with Crippen LogP contribution in [-0.4, -0.2) is 39.1 Å². The molecule has 2 aliphatic rings. The number of benzene rings is 2. The predicted octanol–water partition coefficient (Wildman–Crippen LogP) is 5.57. The molecule has 1 fully saturated rings. The van der Waals surface area contributed by atoms with Crippen molar-refractivity contribution in [3.05, 3.63) is 72.5 Å². The molecule has 0 spiro atoms. The minimum Gasteiger partial charge on any atom is -0.351 e. The largest absolute Gasteiger partial charge is 0.351 e. The monoisotopic (exact) mass is 436 g/mol. The van der Waals surface area contributed by atoms with Gasteiger partial charge in [0.05, 0.1) is 22.2 Å². The summed E-state index contributed by atoms with van der Waals surface area (Å²) in [6.45, 7) is 4.15. The van der Waals surface area contributed by atoms with Crippen LogP contribution in [0.2, 0.25) is 0 Å². The summed E-state index contributed by atoms with van der Waals surface area (Å²) in [4.78, 5) is 20.4. The van der Waals surface area contributed by atoms with Crippen LogP contribution in [0.15, 0.2) is 66.8 Å². The fourth-order valence-corrected chi connectivity index (χ4v) is 4.91. The molecule has 166 valence electrons. The van der Waals surface area contributed by atoms with Gasteiger partial charge in [0.1, 0.15) is 0 Å². The zero-order valence-electron chi connectivity index (χ0n) is 18.8. The third-order valence-electron chi connectivity index (χ3n) is 6.69. The Morgan fingerprint density at radius 1 is 0.939 bits per heavy atom. The number of piperidine rings is 1. The Hall–Kier alpha value is -3.67. The SMILES string of the molecule is CC1C=CC=C(c2nc(NC3CCN(c4nc5ccccc5[nH]4)CC3)nc3ccccc23)C1. The topological polar surface area (TPSA) is 69.7 Å². The van der Waals surface area contributed by atoms with E-state index in [2.05, 4.69) is 70.7 Å². The van der Waals surface area contributed by atoms with Crippen LogP contribution in [0.1, 0.15) is 31.9 Å². The number of aromatic amines is 1. The van der Waals surface area contributed by atoms with Crippen LogP contribution in [0.5, 0.6) is 0 Å². The molecule has 6 nitrogen and oxygen atoms in total. The first kappa shape index (κ1) is 20.0. The Labute approximate surface area is 193 Å². The van der Waals surface area contributed by atoms with E-state index in [1.54, 1.807) is 0 Å². The van der Waals surface area contributed by atoms with Crippen LogP contribution in [0.3, 0.4) is 0 Å². The van der Waals surface area contributed by atoms with Crippen LogP contribution >= 0.6 is 0 Å². The van der Waals surface area contributed by atoms with Gasteiger partial charge in [0.25, 0.3) is 0 Å². The van der Waals surface area contributed by atoms with Crippen molar-refractivity contribution >= 4 is 39.4 Å². The molecular formula is C27H28N6. The molecule has 1 saturated heterocycles. The van der Waals surface area contributed by atoms with Crippen LogP contribution in [0.4, 0.5) is 11.9 Å². The van der Waals surface area contributed by atoms with Crippen LogP contribution in [0.25, 0.3) is 27.5 Å². The van der Waals surface area contributed by atoms with Crippen LogP contribution in [0, 0.1) is 5.92 Å². The highest BCUT2D eigenvalue weighted by Gasteiger charge is 2.23. The lowest BCUT2D eigenvalue weighted by atomic mass is 9.92. The quantitative estimate of drug-likeness (QED) is 0.438. The third kappa shape index (κ3) is 3.97. The van der Waals surface area contributed by atoms with E-state index in [0.29, 0.717) is 12.0 Å². The van der Waals surface area contributed by atoms with Gasteiger partial charge in [-0.3, -0.25) is 0 Å². The Bertz CT molecular complexity index is 1330. The Balaban J connectivity index is 1.21. The number of H-pyrrole nitrogens is 1. The number of aromatic nitrogens is 4. The fraction of sp³-hybridized carbons (Fsp3) is 0.296. The molecule has 3 heterocycles. The zero-order valence-corrected chi connectivity index (χ0v) is 18.8. The normalized spacial score (nSPS) is 19.2. The van der Waals surface area contributed by atoms with Crippen molar-refractivity contribution in [2.45, 2.75) is 32.2 Å². The molecule has 4 aromatic rings. The summed E-state index contributed by atoms with van der Waals surface area (Å²) < 4.78 is 0. The molecule has 1 aliphatic carbocycles. The van der Waals surface area contributed by atoms with E-state index < -0.39 is 0 Å². The third-order valence-corrected chi connectivity index (χ3v) is 6.69. The lowest BCUT2D eigenvalue weighted by Crippen LogP contribution is -2.40. The minimum atomic E-state index is 0.346. The number of nitrogens with one attached hydrogen (secondary N) is 2. The van der Waals surface area contributed by atoms with Crippen molar-refractivity contribution in [3.63, 3.8) is 0 Å². The van der Waals surface area contributed by atoms with Crippen molar-refractivity contribution < 1.29 is 0 Å². The van der Waals surface area contributed by atoms with Gasteiger partial charge < -0.3 is 15.2 Å². The van der Waals surface area contributed by atoms with Crippen molar-refractivity contribution in [2.75, 3.05) is 23.3 Å². The Kier molecular flexibility index (Phi) is 5.06. The standard InChI is InChI=1S/C27H28N6/c1-18-7-6-8-19(17-18)25-21-9-2-3-10-22(21)29-26(32-25)28-20-13-15-33(16-14-20)27-30-23-11-4-5-12-24(23)31-27/h2-12,18,20H,13-17H2,1H3,(H,30,31)(H,28,29,32). The summed E-state index contributed by atoms with van der Waals surface area (Å²) in [5.41, 5.74) is 5.44. The molecule has 6 rings (SSSR count). The lowest BCUT2D eigenvalue weighted by molar-refractivity contribution is 0.519. The average molecular weight is 437 g/mol. The first-order chi connectivity index (χ1) is 16.2. The summed E-state index contributed by atoms with van der Waals surface area (Å²) in [5.74, 6) is 2.22. The van der Waals surface area contributed by atoms with Crippen molar-refractivity contribution in [2.24, 2.45) is 5.92 Å². The molecule has 2 N–H and O–H groups in total. The maximum absolute atomic E-state index is 5.00. The summed E-state index contributed by atoms with van der Waals surface area (Å²) in [5, 5.41) is 4.76. The molecule has 1 atom stereocenters. The lowest BCUT2D eigenvalue weighted by Gasteiger charge is -2.32. The van der Waals surface area contributed by atoms with E-state index in [4.69, 9.17) is 15.0 Å². The van der Waals surface area contributed by atoms with E-state index in [1.807, 2.05) is 18.2 Å². The number of imidazole rings is 1. The summed E-state index contributed by atoms with van der Waals surface area (Å²) in [6, 6.07) is 16.9. The van der Waals surface area contributed by atoms with Gasteiger partial charge in [0.15, 0.2) is 0 Å². The van der Waals surface area contributed by atoms with E-state index in [-0.39, 0.29) is 0 Å². The Morgan fingerprint density at radius 3 is 2.55 bits per heavy atom. The highest BCUT2D eigenvalue weighted by Crippen LogP contribution is 2.31. The molecule has 1 unspecified atom stereocenters. The predicted molar refractivity (Wildman–Crippen MR) is 135 cm³/mol. The maximum atomic E-state index is 5.00. The number of anilines is 2. The molecular weight excluding hydrogens is 408 g/mol. The fourth-order valence-electron chi connectivity index (χ4n) is 4.91. The van der Waals surface area contributed by atoms with Crippen LogP contribution < -0.4 is 10.2 Å². The highest BCUT2D eigenvalue weighted by atomic mass is 15.3. The van der Waals surface area contributed by atoms with Gasteiger partial charge in [-0.25, -0.2) is 15.0 Å². The van der Waals surface area contributed by atoms with E-state index in [1.165, 1.54) is 5.57 Å². The van der Waals surface area contributed by atoms with Crippen molar-refractivity contribution in [3.8, 4) is 0 Å². The molecule has 0 bridgehead atoms. The summed E-state index contributed by atoms with van der Waals surface area (Å²) >= 11 is 0. The van der Waals surface area contributed by atoms with Gasteiger partial charge in [-0.15, -0.1) is 0 Å². The summed E-state index contributed by atoms with van der Waals surface area (Å²) in [6.07, 6.45) is 9.65. The second-order valence-corrected chi connectivity index (χ2v) is 9.15. The maximum Gasteiger partial charge on any atom is 0.224 e. The van der Waals surface area contributed by atoms with Crippen molar-refractivity contribution in [1.82, 2.24) is 19.9 Å². The molecule has 0 saturated carbocycles. The molecule has 6 heteroatoms. The zero-order chi connectivity index (χ0) is 22.2. The van der Waals surface area contributed by atoms with E-state index in [0.717, 1.165) is 71.9 Å². The number of fused-ring (bicyclic) bond motifs is 2. The van der Waals surface area contributed by atoms with Gasteiger partial charge in [-0.2, -0.15) is 0 Å². The number of nitrogens with zero attached hydrogens (tertiary/aromatic N) is 4. The first-order valence-electron chi connectivity index (χ1n) is 11.8. The number of hydrogen-bond donors (Lipinski definition) is 2. The Morgan fingerprint density at radius 2 is 1.73 bits per heavy atom. The molecule has 0 radical (unpaired) electrons. The molecule has 33 heavy (non-hydrogen) atoms. The molecule has 2 aromatic heterocycles.